The van der Waals surface area contributed by atoms with Crippen LogP contribution in [0.5, 0.6) is 0 Å². The predicted molar refractivity (Wildman–Crippen MR) is 79.6 cm³/mol. The van der Waals surface area contributed by atoms with Gasteiger partial charge in [0.1, 0.15) is 5.69 Å². The Morgan fingerprint density at radius 3 is 2.45 bits per heavy atom. The minimum absolute atomic E-state index is 0.0430. The smallest absolute Gasteiger partial charge is 0.184 e. The number of nitrogens with zero attached hydrogens (tertiary/aromatic N) is 1. The van der Waals surface area contributed by atoms with Crippen LogP contribution in [-0.4, -0.2) is 14.1 Å². The van der Waals surface area contributed by atoms with Crippen LogP contribution in [-0.2, 0) is 0 Å². The minimum Gasteiger partial charge on any atom is -0.397 e. The van der Waals surface area contributed by atoms with E-state index in [0.29, 0.717) is 5.69 Å². The van der Waals surface area contributed by atoms with Crippen LogP contribution in [0, 0.1) is 18.6 Å². The molecule has 106 valence electrons. The third kappa shape index (κ3) is 2.66. The van der Waals surface area contributed by atoms with Crippen molar-refractivity contribution in [3.63, 3.8) is 0 Å². The maximum Gasteiger partial charge on any atom is 0.184 e. The standard InChI is InChI=1S/C15H17F2N3/c1-9-4-5-10(8-13(9)20(2)3)19-15-12(18)7-6-11(16)14(15)17/h4-8,19H,18H2,1-3H3. The molecule has 0 saturated heterocycles. The van der Waals surface area contributed by atoms with Crippen LogP contribution in [0.4, 0.5) is 31.5 Å². The molecule has 0 radical (unpaired) electrons. The summed E-state index contributed by atoms with van der Waals surface area (Å²) in [6.45, 7) is 1.98. The van der Waals surface area contributed by atoms with Crippen molar-refractivity contribution in [1.29, 1.82) is 0 Å². The van der Waals surface area contributed by atoms with E-state index in [4.69, 9.17) is 5.73 Å². The molecule has 2 aromatic rings. The van der Waals surface area contributed by atoms with Gasteiger partial charge in [0.25, 0.3) is 0 Å². The highest BCUT2D eigenvalue weighted by Crippen LogP contribution is 2.30. The van der Waals surface area contributed by atoms with Gasteiger partial charge in [-0.05, 0) is 36.8 Å². The Hall–Kier alpha value is -2.30. The van der Waals surface area contributed by atoms with Crippen molar-refractivity contribution in [2.75, 3.05) is 30.0 Å². The zero-order chi connectivity index (χ0) is 14.9. The summed E-state index contributed by atoms with van der Waals surface area (Å²) in [6, 6.07) is 7.91. The fourth-order valence-corrected chi connectivity index (χ4v) is 2.01. The molecule has 0 atom stereocenters. The lowest BCUT2D eigenvalue weighted by Crippen LogP contribution is -2.10. The first-order valence-corrected chi connectivity index (χ1v) is 6.18. The van der Waals surface area contributed by atoms with E-state index >= 15 is 0 Å². The van der Waals surface area contributed by atoms with Crippen molar-refractivity contribution in [1.82, 2.24) is 0 Å². The van der Waals surface area contributed by atoms with E-state index in [2.05, 4.69) is 5.32 Å². The fourth-order valence-electron chi connectivity index (χ4n) is 2.01. The van der Waals surface area contributed by atoms with Gasteiger partial charge in [0.2, 0.25) is 0 Å². The number of nitrogen functional groups attached to an aromatic ring is 1. The summed E-state index contributed by atoms with van der Waals surface area (Å²) in [5.41, 5.74) is 8.54. The van der Waals surface area contributed by atoms with Crippen molar-refractivity contribution in [3.05, 3.63) is 47.5 Å². The summed E-state index contributed by atoms with van der Waals surface area (Å²) >= 11 is 0. The summed E-state index contributed by atoms with van der Waals surface area (Å²) in [4.78, 5) is 1.95. The monoisotopic (exact) mass is 277 g/mol. The Morgan fingerprint density at radius 1 is 1.10 bits per heavy atom. The number of nitrogens with two attached hydrogens (primary N) is 1. The first-order chi connectivity index (χ1) is 9.40. The molecule has 5 heteroatoms. The van der Waals surface area contributed by atoms with E-state index in [9.17, 15) is 8.78 Å². The number of anilines is 4. The average Bonchev–Trinajstić information content (AvgIpc) is 2.40. The molecule has 0 aromatic heterocycles. The summed E-state index contributed by atoms with van der Waals surface area (Å²) in [5, 5.41) is 2.84. The van der Waals surface area contributed by atoms with Crippen LogP contribution in [0.1, 0.15) is 5.56 Å². The molecule has 0 aliphatic heterocycles. The molecular weight excluding hydrogens is 260 g/mol. The Bertz CT molecular complexity index is 639. The highest BCUT2D eigenvalue weighted by atomic mass is 19.2. The number of rotatable bonds is 3. The van der Waals surface area contributed by atoms with Crippen molar-refractivity contribution >= 4 is 22.7 Å². The third-order valence-electron chi connectivity index (χ3n) is 3.09. The zero-order valence-corrected chi connectivity index (χ0v) is 11.7. The van der Waals surface area contributed by atoms with Gasteiger partial charge in [0.15, 0.2) is 11.6 Å². The maximum absolute atomic E-state index is 13.8. The molecule has 0 aliphatic rings. The van der Waals surface area contributed by atoms with Crippen molar-refractivity contribution in [2.24, 2.45) is 0 Å². The van der Waals surface area contributed by atoms with Gasteiger partial charge < -0.3 is 16.0 Å². The molecule has 0 bridgehead atoms. The van der Waals surface area contributed by atoms with Crippen LogP contribution < -0.4 is 16.0 Å². The number of halogens is 2. The molecule has 0 unspecified atom stereocenters. The van der Waals surface area contributed by atoms with Gasteiger partial charge >= 0.3 is 0 Å². The third-order valence-corrected chi connectivity index (χ3v) is 3.09. The minimum atomic E-state index is -0.975. The molecule has 0 aliphatic carbocycles. The van der Waals surface area contributed by atoms with E-state index in [0.717, 1.165) is 17.3 Å². The molecular formula is C15H17F2N3. The maximum atomic E-state index is 13.8. The Morgan fingerprint density at radius 2 is 1.80 bits per heavy atom. The number of hydrogen-bond acceptors (Lipinski definition) is 3. The first kappa shape index (κ1) is 14.1. The predicted octanol–water partition coefficient (Wildman–Crippen LogP) is 3.67. The lowest BCUT2D eigenvalue weighted by atomic mass is 10.1. The van der Waals surface area contributed by atoms with Gasteiger partial charge in [-0.25, -0.2) is 8.78 Å². The normalized spacial score (nSPS) is 10.4. The lowest BCUT2D eigenvalue weighted by Gasteiger charge is -2.18. The molecule has 0 amide bonds. The van der Waals surface area contributed by atoms with Gasteiger partial charge in [-0.1, -0.05) is 6.07 Å². The largest absolute Gasteiger partial charge is 0.397 e. The lowest BCUT2D eigenvalue weighted by molar-refractivity contribution is 0.512. The molecule has 0 fully saturated rings. The van der Waals surface area contributed by atoms with Crippen LogP contribution in [0.3, 0.4) is 0 Å². The van der Waals surface area contributed by atoms with Gasteiger partial charge in [0.05, 0.1) is 5.69 Å². The van der Waals surface area contributed by atoms with Gasteiger partial charge in [-0.2, -0.15) is 0 Å². The summed E-state index contributed by atoms with van der Waals surface area (Å²) in [7, 11) is 3.84. The number of hydrogen-bond donors (Lipinski definition) is 2. The van der Waals surface area contributed by atoms with Gasteiger partial charge in [0, 0.05) is 25.5 Å². The Balaban J connectivity index is 2.41. The molecule has 20 heavy (non-hydrogen) atoms. The van der Waals surface area contributed by atoms with Gasteiger partial charge in [-0.3, -0.25) is 0 Å². The van der Waals surface area contributed by atoms with E-state index in [1.165, 1.54) is 6.07 Å². The highest BCUT2D eigenvalue weighted by Gasteiger charge is 2.12. The van der Waals surface area contributed by atoms with Crippen LogP contribution in [0.2, 0.25) is 0 Å². The SMILES string of the molecule is Cc1ccc(Nc2c(N)ccc(F)c2F)cc1N(C)C. The summed E-state index contributed by atoms with van der Waals surface area (Å²) in [5.74, 6) is -1.90. The van der Waals surface area contributed by atoms with E-state index in [-0.39, 0.29) is 11.4 Å². The topological polar surface area (TPSA) is 41.3 Å². The second-order valence-corrected chi connectivity index (χ2v) is 4.85. The van der Waals surface area contributed by atoms with E-state index in [1.54, 1.807) is 6.07 Å². The molecule has 2 rings (SSSR count). The quantitative estimate of drug-likeness (QED) is 0.841. The molecule has 3 nitrogen and oxygen atoms in total. The number of benzene rings is 2. The highest BCUT2D eigenvalue weighted by molar-refractivity contribution is 5.75. The van der Waals surface area contributed by atoms with Crippen LogP contribution >= 0.6 is 0 Å². The zero-order valence-electron chi connectivity index (χ0n) is 11.7. The van der Waals surface area contributed by atoms with Crippen LogP contribution in [0.25, 0.3) is 0 Å². The molecule has 0 spiro atoms. The molecule has 0 saturated carbocycles. The second kappa shape index (κ2) is 5.36. The first-order valence-electron chi connectivity index (χ1n) is 6.18. The van der Waals surface area contributed by atoms with Crippen molar-refractivity contribution < 1.29 is 8.78 Å². The van der Waals surface area contributed by atoms with Crippen LogP contribution in [0.15, 0.2) is 30.3 Å². The van der Waals surface area contributed by atoms with Gasteiger partial charge in [-0.15, -0.1) is 0 Å². The Kier molecular flexibility index (Phi) is 3.79. The molecule has 0 heterocycles. The van der Waals surface area contributed by atoms with E-state index in [1.807, 2.05) is 38.1 Å². The number of aryl methyl sites for hydroxylation is 1. The molecule has 2 aromatic carbocycles. The fraction of sp³-hybridized carbons (Fsp3) is 0.200. The van der Waals surface area contributed by atoms with E-state index < -0.39 is 11.6 Å². The average molecular weight is 277 g/mol. The number of nitrogens with one attached hydrogen (secondary N) is 1. The summed E-state index contributed by atoms with van der Waals surface area (Å²) < 4.78 is 27.0. The van der Waals surface area contributed by atoms with Crippen molar-refractivity contribution in [2.45, 2.75) is 6.92 Å². The second-order valence-electron chi connectivity index (χ2n) is 4.85. The Labute approximate surface area is 117 Å². The van der Waals surface area contributed by atoms with Crippen molar-refractivity contribution in [3.8, 4) is 0 Å². The molecule has 3 N–H and O–H groups in total. The summed E-state index contributed by atoms with van der Waals surface area (Å²) in [6.07, 6.45) is 0.